The molecule has 1 aromatic carbocycles. The number of benzene rings is 1. The number of aryl methyl sites for hydroxylation is 2. The second-order valence-corrected chi connectivity index (χ2v) is 10.6. The predicted molar refractivity (Wildman–Crippen MR) is 140 cm³/mol. The lowest BCUT2D eigenvalue weighted by Crippen LogP contribution is -2.50. The summed E-state index contributed by atoms with van der Waals surface area (Å²) in [6.07, 6.45) is 2.11. The number of pyridine rings is 1. The number of anilines is 3. The highest BCUT2D eigenvalue weighted by atomic mass is 19.1. The highest BCUT2D eigenvalue weighted by Crippen LogP contribution is 2.36. The summed E-state index contributed by atoms with van der Waals surface area (Å²) < 4.78 is 21.8. The lowest BCUT2D eigenvalue weighted by Gasteiger charge is -2.37. The van der Waals surface area contributed by atoms with Gasteiger partial charge in [0.05, 0.1) is 11.2 Å². The van der Waals surface area contributed by atoms with E-state index < -0.39 is 17.4 Å². The van der Waals surface area contributed by atoms with Crippen LogP contribution in [-0.2, 0) is 18.2 Å². The van der Waals surface area contributed by atoms with E-state index in [4.69, 9.17) is 4.74 Å². The van der Waals surface area contributed by atoms with Crippen LogP contribution in [0.25, 0.3) is 10.9 Å². The normalized spacial score (nSPS) is 15.8. The third kappa shape index (κ3) is 5.03. The Bertz CT molecular complexity index is 1370. The number of ether oxygens (including phenoxy) is 1. The molecular formula is C26H32FN7O3. The molecule has 1 fully saturated rings. The molecule has 196 valence electrons. The SMILES string of the molecule is Cc1cc(N2CCN(C(=O)OC(C)(C)C)CC2)c2c(n1)N(C(=O)Nc1cc3cn(C)nc3cc1F)CC2. The molecule has 0 bridgehead atoms. The summed E-state index contributed by atoms with van der Waals surface area (Å²) in [5.41, 5.74) is 2.88. The van der Waals surface area contributed by atoms with E-state index in [1.807, 2.05) is 33.8 Å². The number of hydrogen-bond donors (Lipinski definition) is 1. The number of rotatable bonds is 2. The molecule has 0 radical (unpaired) electrons. The molecule has 3 amide bonds. The van der Waals surface area contributed by atoms with Gasteiger partial charge in [-0.05, 0) is 46.2 Å². The van der Waals surface area contributed by atoms with Crippen molar-refractivity contribution in [2.75, 3.05) is 47.8 Å². The number of nitrogens with one attached hydrogen (secondary N) is 1. The first-order valence-electron chi connectivity index (χ1n) is 12.4. The van der Waals surface area contributed by atoms with E-state index in [-0.39, 0.29) is 11.8 Å². The highest BCUT2D eigenvalue weighted by molar-refractivity contribution is 6.04. The Labute approximate surface area is 215 Å². The molecule has 0 atom stereocenters. The number of halogens is 1. The quantitative estimate of drug-likeness (QED) is 0.560. The van der Waals surface area contributed by atoms with E-state index in [9.17, 15) is 14.0 Å². The molecule has 10 nitrogen and oxygen atoms in total. The number of carbonyl (C=O) groups is 2. The summed E-state index contributed by atoms with van der Waals surface area (Å²) >= 11 is 0. The summed E-state index contributed by atoms with van der Waals surface area (Å²) in [5.74, 6) is 0.0460. The van der Waals surface area contributed by atoms with Crippen molar-refractivity contribution < 1.29 is 18.7 Å². The minimum absolute atomic E-state index is 0.102. The van der Waals surface area contributed by atoms with Crippen LogP contribution in [0.3, 0.4) is 0 Å². The summed E-state index contributed by atoms with van der Waals surface area (Å²) in [6, 6.07) is 4.51. The first kappa shape index (κ1) is 24.8. The van der Waals surface area contributed by atoms with Crippen molar-refractivity contribution in [2.24, 2.45) is 7.05 Å². The molecule has 4 heterocycles. The van der Waals surface area contributed by atoms with Crippen LogP contribution in [0.4, 0.5) is 31.2 Å². The topological polar surface area (TPSA) is 95.8 Å². The van der Waals surface area contributed by atoms with Gasteiger partial charge in [0.15, 0.2) is 0 Å². The van der Waals surface area contributed by atoms with Crippen molar-refractivity contribution in [2.45, 2.75) is 39.7 Å². The van der Waals surface area contributed by atoms with Gasteiger partial charge >= 0.3 is 12.1 Å². The van der Waals surface area contributed by atoms with E-state index in [0.717, 1.165) is 22.3 Å². The van der Waals surface area contributed by atoms with Crippen molar-refractivity contribution in [1.29, 1.82) is 0 Å². The van der Waals surface area contributed by atoms with Crippen LogP contribution in [0.15, 0.2) is 24.4 Å². The van der Waals surface area contributed by atoms with Crippen LogP contribution < -0.4 is 15.1 Å². The standard InChI is InChI=1S/C26H32FN7O3/c1-16-12-22(32-8-10-33(11-9-32)25(36)37-26(2,3)4)18-6-7-34(23(18)28-16)24(35)29-21-13-17-15-31(5)30-20(17)14-19(21)27/h12-15H,6-11H2,1-5H3,(H,29,35). The largest absolute Gasteiger partial charge is 0.444 e. The minimum Gasteiger partial charge on any atom is -0.444 e. The molecule has 1 N–H and O–H groups in total. The molecule has 0 saturated carbocycles. The van der Waals surface area contributed by atoms with E-state index in [1.165, 1.54) is 6.07 Å². The lowest BCUT2D eigenvalue weighted by atomic mass is 10.1. The maximum Gasteiger partial charge on any atom is 0.410 e. The summed E-state index contributed by atoms with van der Waals surface area (Å²) in [5, 5.41) is 7.66. The van der Waals surface area contributed by atoms with Crippen LogP contribution in [-0.4, -0.2) is 70.1 Å². The van der Waals surface area contributed by atoms with Gasteiger partial charge in [-0.3, -0.25) is 9.58 Å². The zero-order valence-electron chi connectivity index (χ0n) is 21.8. The minimum atomic E-state index is -0.542. The zero-order chi connectivity index (χ0) is 26.5. The second kappa shape index (κ2) is 9.20. The number of urea groups is 1. The Kier molecular flexibility index (Phi) is 6.17. The van der Waals surface area contributed by atoms with E-state index in [2.05, 4.69) is 20.3 Å². The van der Waals surface area contributed by atoms with Crippen molar-refractivity contribution in [3.8, 4) is 0 Å². The van der Waals surface area contributed by atoms with Gasteiger partial charge in [-0.2, -0.15) is 5.10 Å². The number of carbonyl (C=O) groups excluding carboxylic acids is 2. The van der Waals surface area contributed by atoms with Crippen LogP contribution in [0, 0.1) is 12.7 Å². The van der Waals surface area contributed by atoms with E-state index in [1.54, 1.807) is 33.8 Å². The number of fused-ring (bicyclic) bond motifs is 2. The summed E-state index contributed by atoms with van der Waals surface area (Å²) in [7, 11) is 1.76. The van der Waals surface area contributed by atoms with Crippen LogP contribution in [0.5, 0.6) is 0 Å². The number of piperazine rings is 1. The lowest BCUT2D eigenvalue weighted by molar-refractivity contribution is 0.0240. The van der Waals surface area contributed by atoms with Gasteiger partial charge in [-0.25, -0.2) is 19.0 Å². The van der Waals surface area contributed by atoms with Crippen molar-refractivity contribution >= 4 is 40.2 Å². The van der Waals surface area contributed by atoms with Crippen LogP contribution in [0.2, 0.25) is 0 Å². The molecule has 0 aliphatic carbocycles. The molecule has 0 spiro atoms. The summed E-state index contributed by atoms with van der Waals surface area (Å²) in [6.45, 7) is 10.3. The average Bonchev–Trinajstić information content (AvgIpc) is 3.40. The van der Waals surface area contributed by atoms with Crippen molar-refractivity contribution in [3.63, 3.8) is 0 Å². The van der Waals surface area contributed by atoms with E-state index in [0.29, 0.717) is 50.5 Å². The highest BCUT2D eigenvalue weighted by Gasteiger charge is 2.32. The zero-order valence-corrected chi connectivity index (χ0v) is 21.8. The van der Waals surface area contributed by atoms with Gasteiger partial charge in [-0.1, -0.05) is 0 Å². The maximum atomic E-state index is 14.7. The number of aromatic nitrogens is 3. The molecule has 3 aromatic rings. The van der Waals surface area contributed by atoms with Gasteiger partial charge in [0.25, 0.3) is 0 Å². The van der Waals surface area contributed by atoms with Gasteiger partial charge in [0, 0.05) is 74.4 Å². The number of nitrogens with zero attached hydrogens (tertiary/aromatic N) is 6. The van der Waals surface area contributed by atoms with E-state index >= 15 is 0 Å². The first-order chi connectivity index (χ1) is 17.5. The number of amides is 3. The molecule has 2 aliphatic rings. The smallest absolute Gasteiger partial charge is 0.410 e. The van der Waals surface area contributed by atoms with Crippen molar-refractivity contribution in [1.82, 2.24) is 19.7 Å². The predicted octanol–water partition coefficient (Wildman–Crippen LogP) is 4.07. The van der Waals surface area contributed by atoms with Gasteiger partial charge in [0.2, 0.25) is 0 Å². The molecule has 11 heteroatoms. The molecule has 2 aromatic heterocycles. The third-order valence-electron chi connectivity index (χ3n) is 6.51. The Morgan fingerprint density at radius 3 is 2.51 bits per heavy atom. The maximum absolute atomic E-state index is 14.7. The fourth-order valence-electron chi connectivity index (χ4n) is 4.84. The van der Waals surface area contributed by atoms with Gasteiger partial charge < -0.3 is 19.9 Å². The molecular weight excluding hydrogens is 477 g/mol. The van der Waals surface area contributed by atoms with Crippen LogP contribution in [0.1, 0.15) is 32.0 Å². The number of hydrogen-bond acceptors (Lipinski definition) is 6. The van der Waals surface area contributed by atoms with Crippen LogP contribution >= 0.6 is 0 Å². The fraction of sp³-hybridized carbons (Fsp3) is 0.462. The molecule has 2 aliphatic heterocycles. The van der Waals surface area contributed by atoms with Gasteiger partial charge in [-0.15, -0.1) is 0 Å². The molecule has 5 rings (SSSR count). The second-order valence-electron chi connectivity index (χ2n) is 10.6. The first-order valence-corrected chi connectivity index (χ1v) is 12.4. The fourth-order valence-corrected chi connectivity index (χ4v) is 4.84. The van der Waals surface area contributed by atoms with Crippen molar-refractivity contribution in [3.05, 3.63) is 41.5 Å². The molecule has 0 unspecified atom stereocenters. The average molecular weight is 510 g/mol. The summed E-state index contributed by atoms with van der Waals surface area (Å²) in [4.78, 5) is 35.9. The Morgan fingerprint density at radius 1 is 1.08 bits per heavy atom. The molecule has 37 heavy (non-hydrogen) atoms. The molecule has 1 saturated heterocycles. The van der Waals surface area contributed by atoms with Gasteiger partial charge in [0.1, 0.15) is 17.2 Å². The third-order valence-corrected chi connectivity index (χ3v) is 6.51. The monoisotopic (exact) mass is 509 g/mol. The Balaban J connectivity index is 1.32. The Morgan fingerprint density at radius 2 is 1.81 bits per heavy atom. The Hall–Kier alpha value is -3.89.